The molecule has 0 amide bonds. The van der Waals surface area contributed by atoms with E-state index in [0.717, 1.165) is 49.7 Å². The Labute approximate surface area is 448 Å². The molecule has 0 unspecified atom stereocenters. The molecule has 0 atom stereocenters. The Balaban J connectivity index is 0.000000224. The molecular formula is C53H73N9O13S2. The number of aromatic nitrogens is 6. The lowest BCUT2D eigenvalue weighted by atomic mass is 9.77. The Hall–Kier alpha value is -6.18. The first kappa shape index (κ1) is 58.5. The summed E-state index contributed by atoms with van der Waals surface area (Å²) in [5.41, 5.74) is 3.06. The number of H-pyrrole nitrogens is 2. The van der Waals surface area contributed by atoms with Gasteiger partial charge >= 0.3 is 0 Å². The Bertz CT molecular complexity index is 3400. The van der Waals surface area contributed by atoms with E-state index in [1.165, 1.54) is 32.9 Å². The van der Waals surface area contributed by atoms with Crippen molar-refractivity contribution in [2.24, 2.45) is 24.9 Å². The van der Waals surface area contributed by atoms with Crippen LogP contribution in [0.25, 0.3) is 44.8 Å². The first-order valence-electron chi connectivity index (χ1n) is 26.4. The van der Waals surface area contributed by atoms with Gasteiger partial charge in [0.15, 0.2) is 0 Å². The van der Waals surface area contributed by atoms with Gasteiger partial charge in [0, 0.05) is 58.1 Å². The van der Waals surface area contributed by atoms with E-state index < -0.39 is 36.0 Å². The van der Waals surface area contributed by atoms with Gasteiger partial charge in [0.1, 0.15) is 40.8 Å². The zero-order valence-electron chi connectivity index (χ0n) is 45.1. The Morgan fingerprint density at radius 3 is 1.40 bits per heavy atom. The smallest absolute Gasteiger partial charge is 0.294 e. The third kappa shape index (κ3) is 12.4. The minimum atomic E-state index is -3.91. The van der Waals surface area contributed by atoms with Crippen LogP contribution in [0.1, 0.15) is 104 Å². The summed E-state index contributed by atoms with van der Waals surface area (Å²) in [5, 5.41) is 29.3. The van der Waals surface area contributed by atoms with Crippen molar-refractivity contribution in [3.8, 4) is 34.3 Å². The van der Waals surface area contributed by atoms with Crippen LogP contribution in [0, 0.1) is 20.9 Å². The van der Waals surface area contributed by atoms with E-state index in [2.05, 4.69) is 28.7 Å². The van der Waals surface area contributed by atoms with E-state index in [1.54, 1.807) is 28.3 Å². The lowest BCUT2D eigenvalue weighted by Crippen LogP contribution is -2.46. The van der Waals surface area contributed by atoms with Gasteiger partial charge in [-0.25, -0.2) is 26.8 Å². The molecule has 0 radical (unpaired) electrons. The number of fused-ring (bicyclic) bond motifs is 2. The van der Waals surface area contributed by atoms with Crippen LogP contribution in [-0.2, 0) is 51.8 Å². The second-order valence-corrected chi connectivity index (χ2v) is 24.1. The minimum Gasteiger partial charge on any atom is -0.493 e. The fourth-order valence-electron chi connectivity index (χ4n) is 10.2. The number of piperidine rings is 2. The van der Waals surface area contributed by atoms with Gasteiger partial charge in [-0.1, -0.05) is 47.5 Å². The standard InChI is InChI=1S/C27H37N5O7S.C26H36N4O6S/c1-5-8-19-17-30(4)24-23(19)28-25(29-26(24)33)21-16-20(9-10-22(21)38-15-6-2)40(36,37)31-13-11-27(7-3,12-14-31)18-39-32(34)35;1-4-6-18-15-29(3)23-22(18)27-24(28-25(23)33)20-14-19(7-8-21(20)36-13-5-2)37(34,35)30-11-9-26(16-31,17-32)10-12-30/h9-10,16-17H,5-8,11-15,18H2,1-4H3,(H,28,29,33);7-8,14-15,31-32H,4-6,9-13,16-17H2,1-3H3,(H,27,28,33). The number of aliphatic hydroxyl groups excluding tert-OH is 2. The summed E-state index contributed by atoms with van der Waals surface area (Å²) >= 11 is 0. The molecule has 6 aromatic rings. The number of rotatable bonds is 22. The van der Waals surface area contributed by atoms with Gasteiger partial charge in [0.2, 0.25) is 20.0 Å². The predicted octanol–water partition coefficient (Wildman–Crippen LogP) is 6.48. The molecule has 2 aromatic carbocycles. The average molecular weight is 1110 g/mol. The average Bonchev–Trinajstić information content (AvgIpc) is 3.98. The second kappa shape index (κ2) is 24.7. The molecule has 0 spiro atoms. The number of hydrogen-bond acceptors (Lipinski definition) is 15. The van der Waals surface area contributed by atoms with Crippen LogP contribution < -0.4 is 20.6 Å². The molecule has 6 heterocycles. The maximum Gasteiger partial charge on any atom is 0.294 e. The lowest BCUT2D eigenvalue weighted by Gasteiger charge is -2.40. The zero-order valence-corrected chi connectivity index (χ0v) is 46.7. The van der Waals surface area contributed by atoms with Gasteiger partial charge in [-0.2, -0.15) is 8.61 Å². The molecule has 2 aliphatic heterocycles. The molecule has 0 saturated carbocycles. The maximum atomic E-state index is 13.7. The fraction of sp³-hybridized carbons (Fsp3) is 0.547. The van der Waals surface area contributed by atoms with Crippen LogP contribution in [0.2, 0.25) is 0 Å². The lowest BCUT2D eigenvalue weighted by molar-refractivity contribution is -0.761. The maximum absolute atomic E-state index is 13.7. The summed E-state index contributed by atoms with van der Waals surface area (Å²) in [4.78, 5) is 56.9. The molecule has 2 fully saturated rings. The Morgan fingerprint density at radius 2 is 1.05 bits per heavy atom. The van der Waals surface area contributed by atoms with Crippen molar-refractivity contribution < 1.29 is 46.4 Å². The molecule has 0 aliphatic carbocycles. The molecule has 8 rings (SSSR count). The van der Waals surface area contributed by atoms with E-state index >= 15 is 0 Å². The monoisotopic (exact) mass is 1110 g/mol. The third-order valence-electron chi connectivity index (χ3n) is 14.9. The van der Waals surface area contributed by atoms with Gasteiger partial charge in [-0.05, 0) is 111 Å². The van der Waals surface area contributed by atoms with E-state index in [1.807, 2.05) is 40.2 Å². The molecule has 2 aliphatic rings. The molecule has 2 saturated heterocycles. The van der Waals surface area contributed by atoms with Gasteiger partial charge in [0.25, 0.3) is 16.2 Å². The van der Waals surface area contributed by atoms with E-state index in [9.17, 15) is 46.8 Å². The number of nitrogens with zero attached hydrogens (tertiary/aromatic N) is 7. The number of nitrogens with one attached hydrogen (secondary N) is 2. The summed E-state index contributed by atoms with van der Waals surface area (Å²) in [6.07, 6.45) is 10.9. The van der Waals surface area contributed by atoms with Crippen LogP contribution in [0.4, 0.5) is 0 Å². The largest absolute Gasteiger partial charge is 0.493 e. The van der Waals surface area contributed by atoms with Crippen molar-refractivity contribution in [3.05, 3.63) is 90.7 Å². The van der Waals surface area contributed by atoms with Crippen molar-refractivity contribution >= 4 is 42.1 Å². The summed E-state index contributed by atoms with van der Waals surface area (Å²) in [5.74, 6) is 1.36. The van der Waals surface area contributed by atoms with Crippen LogP contribution in [0.5, 0.6) is 11.5 Å². The van der Waals surface area contributed by atoms with Crippen molar-refractivity contribution in [1.82, 2.24) is 37.7 Å². The topological polar surface area (TPSA) is 287 Å². The fourth-order valence-corrected chi connectivity index (χ4v) is 13.1. The number of aryl methyl sites for hydroxylation is 4. The molecule has 4 aromatic heterocycles. The SMILES string of the molecule is CCCOc1ccc(S(=O)(=O)N2CCC(CC)(CO[N+](=O)[O-])CC2)cc1-c1nc2c(CCC)cn(C)c2c(=O)[nH]1.CCCOc1ccc(S(=O)(=O)N2CCC(CO)(CO)CC2)cc1-c1nc2c(CCC)cn(C)c2c(=O)[nH]1. The van der Waals surface area contributed by atoms with Crippen LogP contribution >= 0.6 is 0 Å². The van der Waals surface area contributed by atoms with E-state index in [4.69, 9.17) is 19.4 Å². The highest BCUT2D eigenvalue weighted by Gasteiger charge is 2.40. The highest BCUT2D eigenvalue weighted by Crippen LogP contribution is 2.40. The highest BCUT2D eigenvalue weighted by molar-refractivity contribution is 7.89. The highest BCUT2D eigenvalue weighted by atomic mass is 32.2. The zero-order chi connectivity index (χ0) is 55.9. The number of benzene rings is 2. The Morgan fingerprint density at radius 1 is 0.649 bits per heavy atom. The van der Waals surface area contributed by atoms with E-state index in [0.29, 0.717) is 90.0 Å². The first-order chi connectivity index (χ1) is 36.7. The van der Waals surface area contributed by atoms with Gasteiger partial charge in [0.05, 0.1) is 58.4 Å². The number of aliphatic hydroxyl groups is 2. The van der Waals surface area contributed by atoms with E-state index in [-0.39, 0.29) is 78.6 Å². The molecule has 24 heteroatoms. The quantitative estimate of drug-likeness (QED) is 0.0418. The van der Waals surface area contributed by atoms with Crippen LogP contribution in [0.3, 0.4) is 0 Å². The number of ether oxygens (including phenoxy) is 2. The minimum absolute atomic E-state index is 0.0565. The van der Waals surface area contributed by atoms with Crippen LogP contribution in [-0.4, -0.2) is 129 Å². The Kier molecular flexibility index (Phi) is 18.7. The number of sulfonamides is 2. The normalized spacial score (nSPS) is 16.1. The summed E-state index contributed by atoms with van der Waals surface area (Å²) in [6, 6.07) is 9.23. The molecule has 0 bridgehead atoms. The molecule has 77 heavy (non-hydrogen) atoms. The predicted molar refractivity (Wildman–Crippen MR) is 291 cm³/mol. The summed E-state index contributed by atoms with van der Waals surface area (Å²) in [7, 11) is -4.17. The summed E-state index contributed by atoms with van der Waals surface area (Å²) in [6.45, 7) is 11.2. The molecule has 22 nitrogen and oxygen atoms in total. The molecule has 420 valence electrons. The second-order valence-electron chi connectivity index (χ2n) is 20.2. The van der Waals surface area contributed by atoms with Crippen molar-refractivity contribution in [3.63, 3.8) is 0 Å². The van der Waals surface area contributed by atoms with Gasteiger partial charge in [-0.3, -0.25) is 9.59 Å². The number of hydrogen-bond donors (Lipinski definition) is 4. The third-order valence-corrected chi connectivity index (χ3v) is 18.7. The molecular weight excluding hydrogens is 1030 g/mol. The van der Waals surface area contributed by atoms with Gasteiger partial charge in [-0.15, -0.1) is 10.1 Å². The van der Waals surface area contributed by atoms with Crippen molar-refractivity contribution in [2.45, 2.75) is 115 Å². The first-order valence-corrected chi connectivity index (χ1v) is 29.3. The van der Waals surface area contributed by atoms with Crippen molar-refractivity contribution in [1.29, 1.82) is 0 Å². The van der Waals surface area contributed by atoms with Crippen molar-refractivity contribution in [2.75, 3.05) is 59.2 Å². The summed E-state index contributed by atoms with van der Waals surface area (Å²) < 4.78 is 72.7. The molecule has 4 N–H and O–H groups in total. The van der Waals surface area contributed by atoms with Crippen LogP contribution in [0.15, 0.2) is 68.2 Å². The number of aromatic amines is 2. The van der Waals surface area contributed by atoms with Gasteiger partial charge < -0.3 is 43.6 Å².